The molecule has 0 radical (unpaired) electrons. The van der Waals surface area contributed by atoms with Crippen molar-refractivity contribution in [1.29, 1.82) is 0 Å². The number of likely N-dealkylation sites (tertiary alicyclic amines) is 1. The van der Waals surface area contributed by atoms with Crippen LogP contribution >= 0.6 is 0 Å². The van der Waals surface area contributed by atoms with E-state index in [4.69, 9.17) is 0 Å². The van der Waals surface area contributed by atoms with Gasteiger partial charge in [0.15, 0.2) is 0 Å². The first-order chi connectivity index (χ1) is 10.6. The smallest absolute Gasteiger partial charge is 0.225 e. The van der Waals surface area contributed by atoms with Crippen LogP contribution in [0.15, 0.2) is 24.5 Å². The molecule has 0 atom stereocenters. The molecule has 1 amide bonds. The van der Waals surface area contributed by atoms with Crippen LogP contribution in [0.5, 0.6) is 0 Å². The molecule has 1 saturated carbocycles. The van der Waals surface area contributed by atoms with Crippen LogP contribution in [-0.2, 0) is 21.4 Å². The Kier molecular flexibility index (Phi) is 4.44. The minimum absolute atomic E-state index is 0.118. The normalized spacial score (nSPS) is 20.1. The highest BCUT2D eigenvalue weighted by Gasteiger charge is 2.41. The number of amides is 1. The van der Waals surface area contributed by atoms with Crippen LogP contribution in [0.4, 0.5) is 0 Å². The van der Waals surface area contributed by atoms with Crippen molar-refractivity contribution in [2.45, 2.75) is 37.5 Å². The highest BCUT2D eigenvalue weighted by atomic mass is 32.2. The minimum atomic E-state index is -3.38. The molecule has 3 rings (SSSR count). The van der Waals surface area contributed by atoms with Crippen molar-refractivity contribution in [3.8, 4) is 0 Å². The number of sulfonamides is 1. The summed E-state index contributed by atoms with van der Waals surface area (Å²) >= 11 is 0. The third kappa shape index (κ3) is 3.30. The summed E-state index contributed by atoms with van der Waals surface area (Å²) < 4.78 is 27.0. The van der Waals surface area contributed by atoms with Crippen molar-refractivity contribution in [2.24, 2.45) is 5.92 Å². The molecule has 0 unspecified atom stereocenters. The SMILES string of the molecule is O=C(C1CCCC1)N1CC(S(=O)(=O)NCc2cccnc2)C1. The van der Waals surface area contributed by atoms with E-state index in [0.717, 1.165) is 31.2 Å². The van der Waals surface area contributed by atoms with Gasteiger partial charge in [-0.1, -0.05) is 18.9 Å². The van der Waals surface area contributed by atoms with Crippen LogP contribution in [0.2, 0.25) is 0 Å². The second-order valence-corrected chi connectivity index (χ2v) is 8.12. The lowest BCUT2D eigenvalue weighted by atomic mass is 10.0. The quantitative estimate of drug-likeness (QED) is 0.873. The average Bonchev–Trinajstić information content (AvgIpc) is 2.98. The van der Waals surface area contributed by atoms with Crippen LogP contribution in [0.3, 0.4) is 0 Å². The molecular formula is C15H21N3O3S. The van der Waals surface area contributed by atoms with E-state index in [1.165, 1.54) is 0 Å². The number of pyridine rings is 1. The monoisotopic (exact) mass is 323 g/mol. The Morgan fingerprint density at radius 3 is 2.68 bits per heavy atom. The van der Waals surface area contributed by atoms with E-state index in [2.05, 4.69) is 9.71 Å². The number of carbonyl (C=O) groups excluding carboxylic acids is 1. The third-order valence-corrected chi connectivity index (χ3v) is 6.23. The van der Waals surface area contributed by atoms with Crippen LogP contribution in [0.25, 0.3) is 0 Å². The van der Waals surface area contributed by atoms with E-state index in [-0.39, 0.29) is 18.4 Å². The predicted octanol–water partition coefficient (Wildman–Crippen LogP) is 0.902. The maximum Gasteiger partial charge on any atom is 0.225 e. The van der Waals surface area contributed by atoms with Crippen molar-refractivity contribution >= 4 is 15.9 Å². The molecule has 1 aromatic heterocycles. The Labute approximate surface area is 131 Å². The summed E-state index contributed by atoms with van der Waals surface area (Å²) in [5.74, 6) is 0.253. The molecule has 1 aliphatic carbocycles. The van der Waals surface area contributed by atoms with Crippen molar-refractivity contribution < 1.29 is 13.2 Å². The average molecular weight is 323 g/mol. The van der Waals surface area contributed by atoms with Gasteiger partial charge in [0.25, 0.3) is 0 Å². The largest absolute Gasteiger partial charge is 0.340 e. The maximum absolute atomic E-state index is 12.2. The minimum Gasteiger partial charge on any atom is -0.340 e. The van der Waals surface area contributed by atoms with Gasteiger partial charge < -0.3 is 4.90 Å². The van der Waals surface area contributed by atoms with E-state index in [1.807, 2.05) is 6.07 Å². The van der Waals surface area contributed by atoms with Crippen LogP contribution in [0, 0.1) is 5.92 Å². The van der Waals surface area contributed by atoms with E-state index >= 15 is 0 Å². The lowest BCUT2D eigenvalue weighted by Crippen LogP contribution is -2.60. The molecule has 1 N–H and O–H groups in total. The summed E-state index contributed by atoms with van der Waals surface area (Å²) in [4.78, 5) is 17.8. The molecule has 0 spiro atoms. The lowest BCUT2D eigenvalue weighted by molar-refractivity contribution is -0.138. The number of nitrogens with zero attached hydrogens (tertiary/aromatic N) is 2. The van der Waals surface area contributed by atoms with Crippen LogP contribution < -0.4 is 4.72 Å². The second-order valence-electron chi connectivity index (χ2n) is 6.07. The van der Waals surface area contributed by atoms with Gasteiger partial charge in [-0.05, 0) is 24.5 Å². The zero-order chi connectivity index (χ0) is 15.6. The van der Waals surface area contributed by atoms with Crippen molar-refractivity contribution in [3.05, 3.63) is 30.1 Å². The van der Waals surface area contributed by atoms with Gasteiger partial charge >= 0.3 is 0 Å². The fourth-order valence-electron chi connectivity index (χ4n) is 3.05. The summed E-state index contributed by atoms with van der Waals surface area (Å²) in [6.07, 6.45) is 7.41. The molecule has 1 aliphatic heterocycles. The first kappa shape index (κ1) is 15.4. The lowest BCUT2D eigenvalue weighted by Gasteiger charge is -2.39. The van der Waals surface area contributed by atoms with Gasteiger partial charge in [-0.2, -0.15) is 0 Å². The summed E-state index contributed by atoms with van der Waals surface area (Å²) in [6, 6.07) is 3.60. The van der Waals surface area contributed by atoms with E-state index < -0.39 is 15.3 Å². The first-order valence-electron chi connectivity index (χ1n) is 7.72. The molecular weight excluding hydrogens is 302 g/mol. The molecule has 7 heteroatoms. The molecule has 0 bridgehead atoms. The topological polar surface area (TPSA) is 79.4 Å². The van der Waals surface area contributed by atoms with Gasteiger partial charge in [-0.25, -0.2) is 13.1 Å². The summed E-state index contributed by atoms with van der Waals surface area (Å²) in [5, 5.41) is -0.491. The molecule has 0 aromatic carbocycles. The molecule has 120 valence electrons. The van der Waals surface area contributed by atoms with Crippen molar-refractivity contribution in [2.75, 3.05) is 13.1 Å². The van der Waals surface area contributed by atoms with Gasteiger partial charge in [0.2, 0.25) is 15.9 Å². The van der Waals surface area contributed by atoms with Gasteiger partial charge in [-0.15, -0.1) is 0 Å². The van der Waals surface area contributed by atoms with Crippen LogP contribution in [0.1, 0.15) is 31.2 Å². The fraction of sp³-hybridized carbons (Fsp3) is 0.600. The molecule has 2 heterocycles. The molecule has 2 fully saturated rings. The van der Waals surface area contributed by atoms with Gasteiger partial charge in [0, 0.05) is 37.9 Å². The van der Waals surface area contributed by atoms with Gasteiger partial charge in [0.1, 0.15) is 5.25 Å². The Bertz CT molecular complexity index is 621. The van der Waals surface area contributed by atoms with Gasteiger partial charge in [-0.3, -0.25) is 9.78 Å². The predicted molar refractivity (Wildman–Crippen MR) is 82.3 cm³/mol. The molecule has 6 nitrogen and oxygen atoms in total. The molecule has 2 aliphatic rings. The Hall–Kier alpha value is -1.47. The number of rotatable bonds is 5. The third-order valence-electron chi connectivity index (χ3n) is 4.50. The number of hydrogen-bond acceptors (Lipinski definition) is 4. The number of aromatic nitrogens is 1. The van der Waals surface area contributed by atoms with E-state index in [9.17, 15) is 13.2 Å². The highest BCUT2D eigenvalue weighted by molar-refractivity contribution is 7.90. The van der Waals surface area contributed by atoms with Crippen molar-refractivity contribution in [3.63, 3.8) is 0 Å². The highest BCUT2D eigenvalue weighted by Crippen LogP contribution is 2.29. The summed E-state index contributed by atoms with van der Waals surface area (Å²) in [7, 11) is -3.38. The Balaban J connectivity index is 1.49. The molecule has 1 saturated heterocycles. The number of nitrogens with one attached hydrogen (secondary N) is 1. The Morgan fingerprint density at radius 1 is 1.32 bits per heavy atom. The standard InChI is InChI=1S/C15H21N3O3S/c19-15(13-5-1-2-6-13)18-10-14(11-18)22(20,21)17-9-12-4-3-7-16-8-12/h3-4,7-8,13-14,17H,1-2,5-6,9-11H2. The molecule has 1 aromatic rings. The molecule has 22 heavy (non-hydrogen) atoms. The fourth-order valence-corrected chi connectivity index (χ4v) is 4.41. The van der Waals surface area contributed by atoms with E-state index in [0.29, 0.717) is 13.1 Å². The van der Waals surface area contributed by atoms with Crippen LogP contribution in [-0.4, -0.2) is 42.5 Å². The summed E-state index contributed by atoms with van der Waals surface area (Å²) in [5.41, 5.74) is 0.823. The number of carbonyl (C=O) groups is 1. The second kappa shape index (κ2) is 6.34. The summed E-state index contributed by atoms with van der Waals surface area (Å²) in [6.45, 7) is 0.874. The van der Waals surface area contributed by atoms with E-state index in [1.54, 1.807) is 23.4 Å². The maximum atomic E-state index is 12.2. The first-order valence-corrected chi connectivity index (χ1v) is 9.27. The Morgan fingerprint density at radius 2 is 2.05 bits per heavy atom. The van der Waals surface area contributed by atoms with Gasteiger partial charge in [0.05, 0.1) is 0 Å². The zero-order valence-corrected chi connectivity index (χ0v) is 13.3. The number of hydrogen-bond donors (Lipinski definition) is 1. The van der Waals surface area contributed by atoms with Crippen molar-refractivity contribution in [1.82, 2.24) is 14.6 Å². The zero-order valence-electron chi connectivity index (χ0n) is 12.4.